The lowest BCUT2D eigenvalue weighted by Gasteiger charge is -2.31. The van der Waals surface area contributed by atoms with Gasteiger partial charge in [-0.05, 0) is 70.0 Å². The molecule has 1 aliphatic rings. The third kappa shape index (κ3) is 4.67. The van der Waals surface area contributed by atoms with Gasteiger partial charge in [-0.1, -0.05) is 30.5 Å². The third-order valence-electron chi connectivity index (χ3n) is 5.75. The van der Waals surface area contributed by atoms with Gasteiger partial charge in [0, 0.05) is 25.5 Å². The normalized spacial score (nSPS) is 17.4. The molecule has 1 aliphatic heterocycles. The fourth-order valence-corrected chi connectivity index (χ4v) is 5.99. The van der Waals surface area contributed by atoms with Crippen LogP contribution in [0.4, 0.5) is 0 Å². The highest BCUT2D eigenvalue weighted by molar-refractivity contribution is 7.89. The number of hydrogen-bond acceptors (Lipinski definition) is 3. The van der Waals surface area contributed by atoms with Crippen LogP contribution in [0.1, 0.15) is 54.1 Å². The number of aromatic nitrogens is 1. The highest BCUT2D eigenvalue weighted by Crippen LogP contribution is 2.26. The molecule has 2 aromatic rings. The van der Waals surface area contributed by atoms with Crippen LogP contribution in [0.25, 0.3) is 0 Å². The van der Waals surface area contributed by atoms with Gasteiger partial charge in [0.2, 0.25) is 10.0 Å². The molecule has 1 aromatic carbocycles. The molecule has 1 unspecified atom stereocenters. The molecule has 28 heavy (non-hydrogen) atoms. The second-order valence-electron chi connectivity index (χ2n) is 8.09. The quantitative estimate of drug-likeness (QED) is 0.797. The van der Waals surface area contributed by atoms with Gasteiger partial charge in [0.15, 0.2) is 0 Å². The lowest BCUT2D eigenvalue weighted by molar-refractivity contribution is 0.199. The SMILES string of the molecule is Cc1cc(C)c(S(=O)(=O)NCC(c2cccn2C)N2CCCCCC2)c(C)c1. The molecule has 0 aliphatic carbocycles. The molecule has 6 heteroatoms. The number of sulfonamides is 1. The molecule has 2 heterocycles. The van der Waals surface area contributed by atoms with Crippen molar-refractivity contribution in [2.24, 2.45) is 7.05 Å². The maximum Gasteiger partial charge on any atom is 0.241 e. The molecule has 0 bridgehead atoms. The van der Waals surface area contributed by atoms with Gasteiger partial charge in [-0.25, -0.2) is 13.1 Å². The van der Waals surface area contributed by atoms with Crippen molar-refractivity contribution in [3.63, 3.8) is 0 Å². The van der Waals surface area contributed by atoms with Gasteiger partial charge in [0.1, 0.15) is 0 Å². The fraction of sp³-hybridized carbons (Fsp3) is 0.545. The molecule has 0 spiro atoms. The Morgan fingerprint density at radius 3 is 2.18 bits per heavy atom. The third-order valence-corrected chi connectivity index (χ3v) is 7.47. The van der Waals surface area contributed by atoms with Gasteiger partial charge in [-0.2, -0.15) is 0 Å². The van der Waals surface area contributed by atoms with E-state index in [1.54, 1.807) is 0 Å². The Hall–Kier alpha value is -1.63. The van der Waals surface area contributed by atoms with Crippen molar-refractivity contribution in [2.75, 3.05) is 19.6 Å². The molecule has 3 rings (SSSR count). The van der Waals surface area contributed by atoms with Gasteiger partial charge >= 0.3 is 0 Å². The Bertz CT molecular complexity index is 887. The average Bonchev–Trinajstić information content (AvgIpc) is 2.86. The zero-order valence-electron chi connectivity index (χ0n) is 17.5. The van der Waals surface area contributed by atoms with Gasteiger partial charge in [-0.15, -0.1) is 0 Å². The second-order valence-corrected chi connectivity index (χ2v) is 9.79. The summed E-state index contributed by atoms with van der Waals surface area (Å²) in [5, 5.41) is 0. The van der Waals surface area contributed by atoms with Crippen LogP contribution in [-0.4, -0.2) is 37.5 Å². The smallest absolute Gasteiger partial charge is 0.241 e. The monoisotopic (exact) mass is 403 g/mol. The van der Waals surface area contributed by atoms with Crippen LogP contribution in [0, 0.1) is 20.8 Å². The zero-order valence-corrected chi connectivity index (χ0v) is 18.3. The highest BCUT2D eigenvalue weighted by Gasteiger charge is 2.27. The van der Waals surface area contributed by atoms with E-state index >= 15 is 0 Å². The minimum absolute atomic E-state index is 0.0407. The number of rotatable bonds is 6. The molecular weight excluding hydrogens is 370 g/mol. The maximum absolute atomic E-state index is 13.2. The van der Waals surface area contributed by atoms with Crippen LogP contribution in [0.15, 0.2) is 35.4 Å². The van der Waals surface area contributed by atoms with E-state index in [1.807, 2.05) is 52.2 Å². The molecule has 0 radical (unpaired) electrons. The number of likely N-dealkylation sites (tertiary alicyclic amines) is 1. The Kier molecular flexibility index (Phi) is 6.63. The summed E-state index contributed by atoms with van der Waals surface area (Å²) in [7, 11) is -1.54. The number of hydrogen-bond donors (Lipinski definition) is 1. The van der Waals surface area contributed by atoms with E-state index < -0.39 is 10.0 Å². The minimum Gasteiger partial charge on any atom is -0.353 e. The van der Waals surface area contributed by atoms with Crippen LogP contribution >= 0.6 is 0 Å². The van der Waals surface area contributed by atoms with Crippen molar-refractivity contribution < 1.29 is 8.42 Å². The van der Waals surface area contributed by atoms with Crippen LogP contribution in [0.5, 0.6) is 0 Å². The van der Waals surface area contributed by atoms with Gasteiger partial charge < -0.3 is 4.57 Å². The lowest BCUT2D eigenvalue weighted by Crippen LogP contribution is -2.39. The van der Waals surface area contributed by atoms with E-state index in [1.165, 1.54) is 25.7 Å². The molecule has 0 saturated carbocycles. The summed E-state index contributed by atoms with van der Waals surface area (Å²) in [6.45, 7) is 8.15. The maximum atomic E-state index is 13.2. The largest absolute Gasteiger partial charge is 0.353 e. The standard InChI is InChI=1S/C22H33N3O2S/c1-17-14-18(2)22(19(3)15-17)28(26,27)23-16-21(20-10-9-11-24(20)4)25-12-7-5-6-8-13-25/h9-11,14-15,21,23H,5-8,12-13,16H2,1-4H3. The fourth-order valence-electron chi connectivity index (χ4n) is 4.50. The molecule has 1 aromatic heterocycles. The Balaban J connectivity index is 1.86. The van der Waals surface area contributed by atoms with Crippen molar-refractivity contribution >= 4 is 10.0 Å². The second kappa shape index (κ2) is 8.80. The van der Waals surface area contributed by atoms with E-state index in [4.69, 9.17) is 0 Å². The predicted octanol–water partition coefficient (Wildman–Crippen LogP) is 3.85. The molecule has 1 N–H and O–H groups in total. The Labute approximate surface area is 169 Å². The summed E-state index contributed by atoms with van der Waals surface area (Å²) in [5.74, 6) is 0. The van der Waals surface area contributed by atoms with Crippen molar-refractivity contribution in [1.29, 1.82) is 0 Å². The van der Waals surface area contributed by atoms with Gasteiger partial charge in [0.25, 0.3) is 0 Å². The van der Waals surface area contributed by atoms with Crippen LogP contribution < -0.4 is 4.72 Å². The summed E-state index contributed by atoms with van der Waals surface area (Å²) in [6.07, 6.45) is 6.88. The molecule has 154 valence electrons. The van der Waals surface area contributed by atoms with Crippen LogP contribution in [0.2, 0.25) is 0 Å². The Morgan fingerprint density at radius 1 is 1.04 bits per heavy atom. The average molecular weight is 404 g/mol. The topological polar surface area (TPSA) is 54.3 Å². The summed E-state index contributed by atoms with van der Waals surface area (Å²) in [4.78, 5) is 2.86. The van der Waals surface area contributed by atoms with Gasteiger partial charge in [-0.3, -0.25) is 4.90 Å². The number of nitrogens with zero attached hydrogens (tertiary/aromatic N) is 2. The van der Waals surface area contributed by atoms with E-state index in [2.05, 4.69) is 20.3 Å². The number of benzene rings is 1. The number of nitrogens with one attached hydrogen (secondary N) is 1. The minimum atomic E-state index is -3.57. The van der Waals surface area contributed by atoms with E-state index in [-0.39, 0.29) is 6.04 Å². The molecule has 1 saturated heterocycles. The first-order chi connectivity index (χ1) is 13.3. The molecular formula is C22H33N3O2S. The van der Waals surface area contributed by atoms with E-state index in [0.717, 1.165) is 35.5 Å². The summed E-state index contributed by atoms with van der Waals surface area (Å²) < 4.78 is 31.3. The molecule has 1 fully saturated rings. The van der Waals surface area contributed by atoms with Crippen LogP contribution in [-0.2, 0) is 17.1 Å². The van der Waals surface area contributed by atoms with Crippen molar-refractivity contribution in [1.82, 2.24) is 14.2 Å². The lowest BCUT2D eigenvalue weighted by atomic mass is 10.1. The predicted molar refractivity (Wildman–Crippen MR) is 114 cm³/mol. The van der Waals surface area contributed by atoms with E-state index in [9.17, 15) is 8.42 Å². The summed E-state index contributed by atoms with van der Waals surface area (Å²) in [6, 6.07) is 8.05. The Morgan fingerprint density at radius 2 is 1.64 bits per heavy atom. The summed E-state index contributed by atoms with van der Waals surface area (Å²) in [5.41, 5.74) is 3.84. The summed E-state index contributed by atoms with van der Waals surface area (Å²) >= 11 is 0. The first-order valence-electron chi connectivity index (χ1n) is 10.2. The molecule has 5 nitrogen and oxygen atoms in total. The van der Waals surface area contributed by atoms with Crippen LogP contribution in [0.3, 0.4) is 0 Å². The molecule has 1 atom stereocenters. The van der Waals surface area contributed by atoms with E-state index in [0.29, 0.717) is 11.4 Å². The van der Waals surface area contributed by atoms with Crippen molar-refractivity contribution in [2.45, 2.75) is 57.4 Å². The molecule has 0 amide bonds. The van der Waals surface area contributed by atoms with Gasteiger partial charge in [0.05, 0.1) is 10.9 Å². The zero-order chi connectivity index (χ0) is 20.3. The van der Waals surface area contributed by atoms with Crippen molar-refractivity contribution in [3.05, 3.63) is 52.8 Å². The first-order valence-corrected chi connectivity index (χ1v) is 11.7. The first kappa shape index (κ1) is 21.1. The number of aryl methyl sites for hydroxylation is 4. The highest BCUT2D eigenvalue weighted by atomic mass is 32.2. The van der Waals surface area contributed by atoms with Crippen molar-refractivity contribution in [3.8, 4) is 0 Å².